The number of aliphatic hydroxyl groups excluding tert-OH is 1. The van der Waals surface area contributed by atoms with Gasteiger partial charge in [-0.05, 0) is 20.3 Å². The number of rotatable bonds is 2. The van der Waals surface area contributed by atoms with E-state index in [1.165, 1.54) is 0 Å². The molecule has 4 heteroatoms. The first-order chi connectivity index (χ1) is 6.66. The number of aliphatic hydroxyl groups is 1. The fourth-order valence-electron chi connectivity index (χ4n) is 1.89. The molecule has 0 saturated carbocycles. The molecule has 1 aromatic rings. The Morgan fingerprint density at radius 1 is 1.79 bits per heavy atom. The highest BCUT2D eigenvalue weighted by molar-refractivity contribution is 5.02. The molecule has 4 nitrogen and oxygen atoms in total. The Morgan fingerprint density at radius 2 is 2.57 bits per heavy atom. The second-order valence-electron chi connectivity index (χ2n) is 4.05. The molecule has 0 radical (unpaired) electrons. The molecule has 0 bridgehead atoms. The molecular weight excluding hydrogens is 180 g/mol. The Morgan fingerprint density at radius 3 is 3.07 bits per heavy atom. The molecule has 2 unspecified atom stereocenters. The monoisotopic (exact) mass is 196 g/mol. The summed E-state index contributed by atoms with van der Waals surface area (Å²) < 4.78 is 7.61. The molecule has 0 aromatic carbocycles. The third-order valence-electron chi connectivity index (χ3n) is 3.24. The van der Waals surface area contributed by atoms with Crippen molar-refractivity contribution >= 4 is 0 Å². The van der Waals surface area contributed by atoms with Crippen LogP contribution in [0.1, 0.15) is 26.0 Å². The molecular formula is C10H16N2O2. The summed E-state index contributed by atoms with van der Waals surface area (Å²) in [4.78, 5) is 4.12. The van der Waals surface area contributed by atoms with Crippen LogP contribution in [0.4, 0.5) is 0 Å². The van der Waals surface area contributed by atoms with Gasteiger partial charge in [-0.15, -0.1) is 0 Å². The lowest BCUT2D eigenvalue weighted by molar-refractivity contribution is 0.0758. The lowest BCUT2D eigenvalue weighted by atomic mass is 9.94. The topological polar surface area (TPSA) is 47.3 Å². The summed E-state index contributed by atoms with van der Waals surface area (Å²) in [7, 11) is 0. The second kappa shape index (κ2) is 3.37. The van der Waals surface area contributed by atoms with Crippen LogP contribution in [0.3, 0.4) is 0 Å². The first kappa shape index (κ1) is 9.68. The first-order valence-corrected chi connectivity index (χ1v) is 4.92. The summed E-state index contributed by atoms with van der Waals surface area (Å²) in [5, 5.41) is 8.94. The van der Waals surface area contributed by atoms with Crippen LogP contribution in [0.2, 0.25) is 0 Å². The van der Waals surface area contributed by atoms with Gasteiger partial charge in [0.2, 0.25) is 0 Å². The highest BCUT2D eigenvalue weighted by atomic mass is 16.5. The molecule has 1 fully saturated rings. The Balaban J connectivity index is 2.28. The largest absolute Gasteiger partial charge is 0.390 e. The predicted octanol–water partition coefficient (Wildman–Crippen LogP) is 0.899. The van der Waals surface area contributed by atoms with Crippen LogP contribution in [0.25, 0.3) is 0 Å². The van der Waals surface area contributed by atoms with E-state index in [-0.39, 0.29) is 18.2 Å². The van der Waals surface area contributed by atoms with Crippen LogP contribution >= 0.6 is 0 Å². The van der Waals surface area contributed by atoms with Gasteiger partial charge in [0, 0.05) is 12.8 Å². The van der Waals surface area contributed by atoms with Gasteiger partial charge in [0.15, 0.2) is 0 Å². The lowest BCUT2D eigenvalue weighted by Gasteiger charge is -2.29. The smallest absolute Gasteiger partial charge is 0.0956 e. The summed E-state index contributed by atoms with van der Waals surface area (Å²) in [6, 6.07) is 0. The average molecular weight is 196 g/mol. The number of hydrogen-bond donors (Lipinski definition) is 1. The van der Waals surface area contributed by atoms with Gasteiger partial charge in [0.1, 0.15) is 0 Å². The van der Waals surface area contributed by atoms with Gasteiger partial charge in [-0.25, -0.2) is 4.98 Å². The molecule has 1 N–H and O–H groups in total. The number of ether oxygens (including phenoxy) is 1. The Labute approximate surface area is 83.5 Å². The van der Waals surface area contributed by atoms with Crippen molar-refractivity contribution in [3.05, 3.63) is 18.2 Å². The summed E-state index contributed by atoms with van der Waals surface area (Å²) in [5.41, 5.74) is 0.700. The molecule has 0 spiro atoms. The Kier molecular flexibility index (Phi) is 2.33. The molecule has 78 valence electrons. The maximum Gasteiger partial charge on any atom is 0.0956 e. The Hall–Kier alpha value is -0.870. The molecule has 14 heavy (non-hydrogen) atoms. The zero-order chi connectivity index (χ0) is 10.2. The molecule has 2 rings (SSSR count). The highest BCUT2D eigenvalue weighted by Gasteiger charge is 2.38. The minimum absolute atomic E-state index is 0.00167. The molecule has 1 saturated heterocycles. The van der Waals surface area contributed by atoms with Gasteiger partial charge in [-0.3, -0.25) is 0 Å². The number of nitrogens with zero attached hydrogens (tertiary/aromatic N) is 2. The van der Waals surface area contributed by atoms with E-state index < -0.39 is 0 Å². The van der Waals surface area contributed by atoms with Gasteiger partial charge < -0.3 is 14.4 Å². The third-order valence-corrected chi connectivity index (χ3v) is 3.24. The van der Waals surface area contributed by atoms with Gasteiger partial charge in [0.25, 0.3) is 0 Å². The zero-order valence-electron chi connectivity index (χ0n) is 8.60. The van der Waals surface area contributed by atoms with Crippen LogP contribution in [-0.2, 0) is 16.9 Å². The molecule has 2 atom stereocenters. The van der Waals surface area contributed by atoms with E-state index in [9.17, 15) is 0 Å². The van der Waals surface area contributed by atoms with E-state index >= 15 is 0 Å². The van der Waals surface area contributed by atoms with Crippen molar-refractivity contribution in [1.82, 2.24) is 9.55 Å². The SMILES string of the molecule is CC1OCCC1(C)n1cnc(CO)c1. The van der Waals surface area contributed by atoms with Crippen molar-refractivity contribution in [3.63, 3.8) is 0 Å². The van der Waals surface area contributed by atoms with Crippen LogP contribution in [0, 0.1) is 0 Å². The third kappa shape index (κ3) is 1.35. The quantitative estimate of drug-likeness (QED) is 0.764. The van der Waals surface area contributed by atoms with Crippen LogP contribution < -0.4 is 0 Å². The van der Waals surface area contributed by atoms with Gasteiger partial charge in [-0.1, -0.05) is 0 Å². The van der Waals surface area contributed by atoms with Crippen molar-refractivity contribution in [1.29, 1.82) is 0 Å². The van der Waals surface area contributed by atoms with E-state index in [0.717, 1.165) is 13.0 Å². The number of aromatic nitrogens is 2. The van der Waals surface area contributed by atoms with Crippen molar-refractivity contribution < 1.29 is 9.84 Å². The average Bonchev–Trinajstić information content (AvgIpc) is 2.75. The molecule has 1 aliphatic heterocycles. The van der Waals surface area contributed by atoms with Crippen molar-refractivity contribution in [2.24, 2.45) is 0 Å². The zero-order valence-corrected chi connectivity index (χ0v) is 8.60. The molecule has 2 heterocycles. The van der Waals surface area contributed by atoms with Crippen molar-refractivity contribution in [3.8, 4) is 0 Å². The molecule has 1 aromatic heterocycles. The van der Waals surface area contributed by atoms with Crippen LogP contribution in [-0.4, -0.2) is 27.4 Å². The van der Waals surface area contributed by atoms with Gasteiger partial charge in [0.05, 0.1) is 30.3 Å². The normalized spacial score (nSPS) is 32.4. The van der Waals surface area contributed by atoms with Gasteiger partial charge in [-0.2, -0.15) is 0 Å². The minimum Gasteiger partial charge on any atom is -0.390 e. The van der Waals surface area contributed by atoms with Crippen LogP contribution in [0.15, 0.2) is 12.5 Å². The predicted molar refractivity (Wildman–Crippen MR) is 51.8 cm³/mol. The maximum absolute atomic E-state index is 8.94. The van der Waals surface area contributed by atoms with E-state index in [4.69, 9.17) is 9.84 Å². The number of imidazole rings is 1. The fraction of sp³-hybridized carbons (Fsp3) is 0.700. The van der Waals surface area contributed by atoms with Gasteiger partial charge >= 0.3 is 0 Å². The van der Waals surface area contributed by atoms with E-state index in [1.807, 2.05) is 6.20 Å². The van der Waals surface area contributed by atoms with Crippen LogP contribution in [0.5, 0.6) is 0 Å². The van der Waals surface area contributed by atoms with Crippen molar-refractivity contribution in [2.45, 2.75) is 38.5 Å². The molecule has 0 amide bonds. The van der Waals surface area contributed by atoms with Crippen molar-refractivity contribution in [2.75, 3.05) is 6.61 Å². The fourth-order valence-corrected chi connectivity index (χ4v) is 1.89. The summed E-state index contributed by atoms with van der Waals surface area (Å²) in [6.45, 7) is 5.03. The highest BCUT2D eigenvalue weighted by Crippen LogP contribution is 2.32. The van der Waals surface area contributed by atoms with E-state index in [2.05, 4.69) is 23.4 Å². The molecule has 0 aliphatic carbocycles. The Bertz CT molecular complexity index is 324. The molecule has 1 aliphatic rings. The van der Waals surface area contributed by atoms with E-state index in [1.54, 1.807) is 6.33 Å². The standard InChI is InChI=1S/C10H16N2O2/c1-8-10(2,3-4-14-8)12-5-9(6-13)11-7-12/h5,7-8,13H,3-4,6H2,1-2H3. The summed E-state index contributed by atoms with van der Waals surface area (Å²) in [6.07, 6.45) is 4.86. The summed E-state index contributed by atoms with van der Waals surface area (Å²) >= 11 is 0. The second-order valence-corrected chi connectivity index (χ2v) is 4.05. The minimum atomic E-state index is -0.0135. The lowest BCUT2D eigenvalue weighted by Crippen LogP contribution is -2.35. The number of hydrogen-bond acceptors (Lipinski definition) is 3. The summed E-state index contributed by atoms with van der Waals surface area (Å²) in [5.74, 6) is 0. The first-order valence-electron chi connectivity index (χ1n) is 4.92. The maximum atomic E-state index is 8.94. The van der Waals surface area contributed by atoms with E-state index in [0.29, 0.717) is 5.69 Å².